The van der Waals surface area contributed by atoms with Crippen LogP contribution < -0.4 is 5.32 Å². The summed E-state index contributed by atoms with van der Waals surface area (Å²) >= 11 is 3.44. The topological polar surface area (TPSA) is 75.3 Å². The van der Waals surface area contributed by atoms with Gasteiger partial charge in [-0.3, -0.25) is 0 Å². The number of aliphatic hydroxyl groups is 1. The van der Waals surface area contributed by atoms with Crippen molar-refractivity contribution in [2.75, 3.05) is 11.9 Å². The Morgan fingerprint density at radius 2 is 1.92 bits per heavy atom. The van der Waals surface area contributed by atoms with Gasteiger partial charge in [0.1, 0.15) is 5.82 Å². The molecule has 0 aliphatic rings. The smallest absolute Gasteiger partial charge is 0.396 e. The van der Waals surface area contributed by atoms with E-state index in [0.29, 0.717) is 10.9 Å². The molecule has 0 fully saturated rings. The lowest BCUT2D eigenvalue weighted by Gasteiger charge is -2.20. The predicted octanol–water partition coefficient (Wildman–Crippen LogP) is 3.44. The minimum absolute atomic E-state index is 0.00234. The summed E-state index contributed by atoms with van der Waals surface area (Å²) in [5.41, 5.74) is 0.857. The Morgan fingerprint density at radius 3 is 2.60 bits per heavy atom. The normalized spacial score (nSPS) is 13.2. The van der Waals surface area contributed by atoms with Crippen LogP contribution in [0.25, 0.3) is 5.65 Å². The van der Waals surface area contributed by atoms with Crippen molar-refractivity contribution in [2.24, 2.45) is 0 Å². The van der Waals surface area contributed by atoms with E-state index in [2.05, 4.69) is 36.5 Å². The Morgan fingerprint density at radius 1 is 1.16 bits per heavy atom. The molecule has 0 radical (unpaired) electrons. The summed E-state index contributed by atoms with van der Waals surface area (Å²) in [6.07, 6.45) is -4.30. The molecule has 0 saturated carbocycles. The largest absolute Gasteiger partial charge is 0.453 e. The van der Waals surface area contributed by atoms with E-state index in [0.717, 1.165) is 10.0 Å². The van der Waals surface area contributed by atoms with Gasteiger partial charge in [0.05, 0.1) is 6.04 Å². The van der Waals surface area contributed by atoms with Crippen LogP contribution in [0.4, 0.5) is 19.0 Å². The van der Waals surface area contributed by atoms with Crippen molar-refractivity contribution >= 4 is 27.4 Å². The van der Waals surface area contributed by atoms with Crippen LogP contribution >= 0.6 is 15.9 Å². The van der Waals surface area contributed by atoms with Gasteiger partial charge in [0, 0.05) is 11.1 Å². The number of hydrogen-bond acceptors (Lipinski definition) is 5. The molecule has 6 nitrogen and oxygen atoms in total. The second-order valence-electron chi connectivity index (χ2n) is 5.24. The van der Waals surface area contributed by atoms with Crippen molar-refractivity contribution in [1.82, 2.24) is 19.8 Å². The van der Waals surface area contributed by atoms with Gasteiger partial charge in [0.15, 0.2) is 5.65 Å². The summed E-state index contributed by atoms with van der Waals surface area (Å²) in [6, 6.07) is 9.97. The molecular weight excluding hydrogens is 403 g/mol. The molecule has 0 amide bonds. The van der Waals surface area contributed by atoms with Crippen LogP contribution in [0.15, 0.2) is 40.9 Å². The molecular formula is C15H13BrF3N5O. The van der Waals surface area contributed by atoms with Gasteiger partial charge in [-0.15, -0.1) is 15.3 Å². The minimum Gasteiger partial charge on any atom is -0.396 e. The Hall–Kier alpha value is -2.20. The number of rotatable bonds is 5. The molecule has 132 valence electrons. The summed E-state index contributed by atoms with van der Waals surface area (Å²) in [6.45, 7) is -0.0956. The lowest BCUT2D eigenvalue weighted by Crippen LogP contribution is -2.16. The third-order valence-electron chi connectivity index (χ3n) is 3.54. The first-order valence-corrected chi connectivity index (χ1v) is 8.11. The molecule has 2 N–H and O–H groups in total. The highest BCUT2D eigenvalue weighted by Gasteiger charge is 2.37. The van der Waals surface area contributed by atoms with Gasteiger partial charge in [-0.05, 0) is 30.2 Å². The molecule has 2 aromatic heterocycles. The van der Waals surface area contributed by atoms with Crippen LogP contribution in [-0.2, 0) is 6.18 Å². The Kier molecular flexibility index (Phi) is 4.91. The van der Waals surface area contributed by atoms with E-state index in [1.54, 1.807) is 0 Å². The van der Waals surface area contributed by atoms with Crippen LogP contribution in [-0.4, -0.2) is 31.5 Å². The number of halogens is 4. The maximum Gasteiger partial charge on any atom is 0.453 e. The standard InChI is InChI=1S/C15H13BrF3N5O/c16-10-4-2-1-3-9(10)11(7-8-25)20-12-5-6-13-21-22-14(15(17,18)19)24(13)23-12/h1-6,11,25H,7-8H2,(H,20,23)/t11-/m0/s1. The molecule has 10 heteroatoms. The molecule has 0 aliphatic heterocycles. The van der Waals surface area contributed by atoms with Crippen molar-refractivity contribution in [1.29, 1.82) is 0 Å². The Labute approximate surface area is 148 Å². The predicted molar refractivity (Wildman–Crippen MR) is 88.0 cm³/mol. The third-order valence-corrected chi connectivity index (χ3v) is 4.26. The first-order valence-electron chi connectivity index (χ1n) is 7.31. The van der Waals surface area contributed by atoms with E-state index in [-0.39, 0.29) is 24.1 Å². The van der Waals surface area contributed by atoms with Crippen molar-refractivity contribution in [2.45, 2.75) is 18.6 Å². The summed E-state index contributed by atoms with van der Waals surface area (Å²) in [5, 5.41) is 22.9. The zero-order valence-electron chi connectivity index (χ0n) is 12.7. The van der Waals surface area contributed by atoms with Gasteiger partial charge in [0.2, 0.25) is 0 Å². The molecule has 0 bridgehead atoms. The number of nitrogens with zero attached hydrogens (tertiary/aromatic N) is 4. The number of aliphatic hydroxyl groups excluding tert-OH is 1. The summed E-state index contributed by atoms with van der Waals surface area (Å²) in [4.78, 5) is 0. The monoisotopic (exact) mass is 415 g/mol. The van der Waals surface area contributed by atoms with Crippen molar-refractivity contribution in [3.05, 3.63) is 52.3 Å². The molecule has 0 spiro atoms. The van der Waals surface area contributed by atoms with E-state index in [4.69, 9.17) is 0 Å². The average molecular weight is 416 g/mol. The van der Waals surface area contributed by atoms with Crippen LogP contribution in [0, 0.1) is 0 Å². The molecule has 1 aromatic carbocycles. The molecule has 25 heavy (non-hydrogen) atoms. The lowest BCUT2D eigenvalue weighted by atomic mass is 10.0. The summed E-state index contributed by atoms with van der Waals surface area (Å²) in [7, 11) is 0. The Bertz CT molecular complexity index is 883. The van der Waals surface area contributed by atoms with Gasteiger partial charge in [-0.1, -0.05) is 34.1 Å². The maximum absolute atomic E-state index is 13.0. The maximum atomic E-state index is 13.0. The lowest BCUT2D eigenvalue weighted by molar-refractivity contribution is -0.146. The number of aromatic nitrogens is 4. The van der Waals surface area contributed by atoms with E-state index in [9.17, 15) is 18.3 Å². The molecule has 0 unspecified atom stereocenters. The van der Waals surface area contributed by atoms with Gasteiger partial charge in [-0.2, -0.15) is 17.7 Å². The minimum atomic E-state index is -4.65. The summed E-state index contributed by atoms with van der Waals surface area (Å²) < 4.78 is 40.4. The van der Waals surface area contributed by atoms with Crippen molar-refractivity contribution < 1.29 is 18.3 Å². The molecule has 2 heterocycles. The van der Waals surface area contributed by atoms with E-state index >= 15 is 0 Å². The van der Waals surface area contributed by atoms with Crippen LogP contribution in [0.1, 0.15) is 23.9 Å². The first kappa shape index (κ1) is 17.6. The fourth-order valence-electron chi connectivity index (χ4n) is 2.41. The van der Waals surface area contributed by atoms with Gasteiger partial charge >= 0.3 is 6.18 Å². The first-order chi connectivity index (χ1) is 11.9. The Balaban J connectivity index is 1.96. The van der Waals surface area contributed by atoms with Crippen molar-refractivity contribution in [3.8, 4) is 0 Å². The number of hydrogen-bond donors (Lipinski definition) is 2. The number of anilines is 1. The number of fused-ring (bicyclic) bond motifs is 1. The zero-order chi connectivity index (χ0) is 18.0. The molecule has 3 rings (SSSR count). The van der Waals surface area contributed by atoms with Crippen molar-refractivity contribution in [3.63, 3.8) is 0 Å². The average Bonchev–Trinajstić information content (AvgIpc) is 2.98. The van der Waals surface area contributed by atoms with Crippen LogP contribution in [0.3, 0.4) is 0 Å². The van der Waals surface area contributed by atoms with E-state index in [1.165, 1.54) is 12.1 Å². The second-order valence-corrected chi connectivity index (χ2v) is 6.09. The molecule has 0 saturated heterocycles. The zero-order valence-corrected chi connectivity index (χ0v) is 14.3. The quantitative estimate of drug-likeness (QED) is 0.667. The van der Waals surface area contributed by atoms with Crippen LogP contribution in [0.2, 0.25) is 0 Å². The molecule has 0 aliphatic carbocycles. The van der Waals surface area contributed by atoms with Gasteiger partial charge in [-0.25, -0.2) is 0 Å². The fourth-order valence-corrected chi connectivity index (χ4v) is 2.97. The number of nitrogens with one attached hydrogen (secondary N) is 1. The van der Waals surface area contributed by atoms with Crippen LogP contribution in [0.5, 0.6) is 0 Å². The third kappa shape index (κ3) is 3.74. The highest BCUT2D eigenvalue weighted by molar-refractivity contribution is 9.10. The van der Waals surface area contributed by atoms with Gasteiger partial charge < -0.3 is 10.4 Å². The number of alkyl halides is 3. The fraction of sp³-hybridized carbons (Fsp3) is 0.267. The molecule has 3 aromatic rings. The highest BCUT2D eigenvalue weighted by atomic mass is 79.9. The van der Waals surface area contributed by atoms with E-state index < -0.39 is 12.0 Å². The van der Waals surface area contributed by atoms with Gasteiger partial charge in [0.25, 0.3) is 5.82 Å². The number of benzene rings is 1. The second kappa shape index (κ2) is 6.96. The van der Waals surface area contributed by atoms with E-state index in [1.807, 2.05) is 24.3 Å². The summed E-state index contributed by atoms with van der Waals surface area (Å²) in [5.74, 6) is -0.974. The highest BCUT2D eigenvalue weighted by Crippen LogP contribution is 2.30. The SMILES string of the molecule is OCC[C@H](Nc1ccc2nnc(C(F)(F)F)n2n1)c1ccccc1Br. The molecule has 1 atom stereocenters.